The Hall–Kier alpha value is -1.58. The summed E-state index contributed by atoms with van der Waals surface area (Å²) in [5, 5.41) is 17.3. The largest absolute Gasteiger partial charge is 0.466 e. The molecule has 1 aromatic carbocycles. The molecule has 3 N–H and O–H groups in total. The first-order valence-electron chi connectivity index (χ1n) is 10.2. The lowest BCUT2D eigenvalue weighted by atomic mass is 9.96. The summed E-state index contributed by atoms with van der Waals surface area (Å²) in [4.78, 5) is 4.64. The van der Waals surface area contributed by atoms with Crippen molar-refractivity contribution >= 4 is 29.9 Å². The molecule has 0 aliphatic carbocycles. The lowest BCUT2D eigenvalue weighted by Gasteiger charge is -2.24. The molecule has 0 aliphatic heterocycles. The van der Waals surface area contributed by atoms with Crippen molar-refractivity contribution in [2.24, 2.45) is 4.99 Å². The van der Waals surface area contributed by atoms with Crippen LogP contribution in [0, 0.1) is 13.8 Å². The number of aryl methyl sites for hydroxylation is 2. The van der Waals surface area contributed by atoms with Crippen molar-refractivity contribution in [3.63, 3.8) is 0 Å². The summed E-state index contributed by atoms with van der Waals surface area (Å²) in [5.74, 6) is 2.19. The molecule has 1 heterocycles. The third kappa shape index (κ3) is 8.28. The Bertz CT molecular complexity index is 799. The van der Waals surface area contributed by atoms with Gasteiger partial charge in [0.05, 0.1) is 25.8 Å². The van der Waals surface area contributed by atoms with Crippen molar-refractivity contribution in [3.8, 4) is 0 Å². The Labute approximate surface area is 197 Å². The van der Waals surface area contributed by atoms with E-state index in [0.29, 0.717) is 25.7 Å². The number of benzene rings is 1. The maximum atomic E-state index is 10.9. The highest BCUT2D eigenvalue weighted by Gasteiger charge is 2.27. The highest BCUT2D eigenvalue weighted by Crippen LogP contribution is 2.26. The molecular formula is C23H36IN3O3. The quantitative estimate of drug-likeness (QED) is 0.255. The van der Waals surface area contributed by atoms with E-state index in [2.05, 4.69) is 39.9 Å². The zero-order valence-corrected chi connectivity index (χ0v) is 21.2. The lowest BCUT2D eigenvalue weighted by Crippen LogP contribution is -2.44. The smallest absolute Gasteiger partial charge is 0.191 e. The number of hydrogen-bond acceptors (Lipinski definition) is 4. The fourth-order valence-corrected chi connectivity index (χ4v) is 3.03. The van der Waals surface area contributed by atoms with Gasteiger partial charge in [0.15, 0.2) is 5.96 Å². The van der Waals surface area contributed by atoms with Crippen LogP contribution in [0.5, 0.6) is 0 Å². The molecular weight excluding hydrogens is 493 g/mol. The van der Waals surface area contributed by atoms with Gasteiger partial charge in [-0.3, -0.25) is 0 Å². The fraction of sp³-hybridized carbons (Fsp3) is 0.522. The van der Waals surface area contributed by atoms with Gasteiger partial charge in [0, 0.05) is 12.1 Å². The van der Waals surface area contributed by atoms with E-state index < -0.39 is 5.60 Å². The maximum absolute atomic E-state index is 10.9. The zero-order valence-electron chi connectivity index (χ0n) is 18.9. The van der Waals surface area contributed by atoms with E-state index in [1.807, 2.05) is 40.7 Å². The van der Waals surface area contributed by atoms with Gasteiger partial charge in [0.1, 0.15) is 17.1 Å². The Kier molecular flexibility index (Phi) is 10.9. The first-order valence-corrected chi connectivity index (χ1v) is 10.2. The second-order valence-corrected chi connectivity index (χ2v) is 7.83. The molecule has 1 atom stereocenters. The van der Waals surface area contributed by atoms with E-state index in [9.17, 15) is 5.11 Å². The summed E-state index contributed by atoms with van der Waals surface area (Å²) in [7, 11) is 0. The van der Waals surface area contributed by atoms with Gasteiger partial charge < -0.3 is 24.9 Å². The molecule has 0 fully saturated rings. The third-order valence-corrected chi connectivity index (χ3v) is 4.59. The number of halogens is 1. The number of hydrogen-bond donors (Lipinski definition) is 3. The highest BCUT2D eigenvalue weighted by atomic mass is 127. The van der Waals surface area contributed by atoms with Crippen molar-refractivity contribution in [3.05, 3.63) is 58.5 Å². The number of aliphatic imine (C=N–C) groups is 1. The van der Waals surface area contributed by atoms with Gasteiger partial charge >= 0.3 is 0 Å². The van der Waals surface area contributed by atoms with E-state index in [-0.39, 0.29) is 30.1 Å². The minimum atomic E-state index is -1.06. The molecule has 30 heavy (non-hydrogen) atoms. The Morgan fingerprint density at radius 1 is 1.17 bits per heavy atom. The summed E-state index contributed by atoms with van der Waals surface area (Å²) in [6, 6.07) is 10.2. The first-order chi connectivity index (χ1) is 13.7. The van der Waals surface area contributed by atoms with Crippen LogP contribution in [0.1, 0.15) is 55.9 Å². The van der Waals surface area contributed by atoms with Crippen LogP contribution in [0.2, 0.25) is 0 Å². The molecule has 1 aromatic heterocycles. The average Bonchev–Trinajstić information content (AvgIpc) is 3.02. The second-order valence-electron chi connectivity index (χ2n) is 7.83. The molecule has 2 rings (SSSR count). The topological polar surface area (TPSA) is 79.0 Å². The van der Waals surface area contributed by atoms with Crippen LogP contribution in [-0.4, -0.2) is 30.3 Å². The summed E-state index contributed by atoms with van der Waals surface area (Å²) in [6.07, 6.45) is 0.222. The van der Waals surface area contributed by atoms with Crippen molar-refractivity contribution in [1.29, 1.82) is 0 Å². The molecule has 2 aromatic rings. The first kappa shape index (κ1) is 26.5. The molecule has 0 spiro atoms. The van der Waals surface area contributed by atoms with Crippen molar-refractivity contribution < 1.29 is 14.3 Å². The molecule has 168 valence electrons. The molecule has 0 radical (unpaired) electrons. The van der Waals surface area contributed by atoms with Gasteiger partial charge in [-0.15, -0.1) is 24.0 Å². The van der Waals surface area contributed by atoms with Gasteiger partial charge in [-0.1, -0.05) is 24.3 Å². The van der Waals surface area contributed by atoms with E-state index in [1.54, 1.807) is 6.92 Å². The molecule has 0 saturated heterocycles. The average molecular weight is 529 g/mol. The van der Waals surface area contributed by atoms with Crippen LogP contribution in [0.25, 0.3) is 0 Å². The normalized spacial score (nSPS) is 13.7. The van der Waals surface area contributed by atoms with Gasteiger partial charge in [-0.05, 0) is 58.7 Å². The minimum absolute atomic E-state index is 0. The Morgan fingerprint density at radius 3 is 2.33 bits per heavy atom. The molecule has 6 nitrogen and oxygen atoms in total. The Morgan fingerprint density at radius 2 is 1.80 bits per heavy atom. The summed E-state index contributed by atoms with van der Waals surface area (Å²) in [5.41, 5.74) is 2.00. The number of guanidine groups is 1. The van der Waals surface area contributed by atoms with Crippen molar-refractivity contribution in [1.82, 2.24) is 10.6 Å². The van der Waals surface area contributed by atoms with E-state index in [4.69, 9.17) is 9.15 Å². The molecule has 0 aliphatic rings. The van der Waals surface area contributed by atoms with Gasteiger partial charge in [0.2, 0.25) is 0 Å². The SMILES string of the molecule is CCNC(=NCc1ccc(COC(C)C)cc1)NCC(C)(O)c1cc(C)oc1C.I. The predicted molar refractivity (Wildman–Crippen MR) is 132 cm³/mol. The van der Waals surface area contributed by atoms with Crippen LogP contribution in [0.3, 0.4) is 0 Å². The summed E-state index contributed by atoms with van der Waals surface area (Å²) in [6.45, 7) is 13.8. The monoisotopic (exact) mass is 529 g/mol. The number of nitrogens with one attached hydrogen (secondary N) is 2. The number of nitrogens with zero attached hydrogens (tertiary/aromatic N) is 1. The standard InChI is InChI=1S/C23H35N3O3.HI/c1-7-24-22(26-15-23(6,27)21-12-17(4)29-18(21)5)25-13-19-8-10-20(11-9-19)14-28-16(2)3;/h8-12,16,27H,7,13-15H2,1-6H3,(H2,24,25,26);1H. The van der Waals surface area contributed by atoms with Gasteiger partial charge in [-0.25, -0.2) is 4.99 Å². The van der Waals surface area contributed by atoms with E-state index in [1.165, 1.54) is 0 Å². The number of ether oxygens (including phenoxy) is 1. The highest BCUT2D eigenvalue weighted by molar-refractivity contribution is 14.0. The molecule has 0 bridgehead atoms. The third-order valence-electron chi connectivity index (χ3n) is 4.59. The number of furan rings is 1. The van der Waals surface area contributed by atoms with Crippen LogP contribution < -0.4 is 10.6 Å². The van der Waals surface area contributed by atoms with E-state index in [0.717, 1.165) is 34.8 Å². The Balaban J connectivity index is 0.00000450. The van der Waals surface area contributed by atoms with Crippen LogP contribution in [-0.2, 0) is 23.5 Å². The van der Waals surface area contributed by atoms with Crippen LogP contribution >= 0.6 is 24.0 Å². The van der Waals surface area contributed by atoms with E-state index >= 15 is 0 Å². The second kappa shape index (κ2) is 12.3. The van der Waals surface area contributed by atoms with Crippen LogP contribution in [0.4, 0.5) is 0 Å². The predicted octanol–water partition coefficient (Wildman–Crippen LogP) is 4.40. The lowest BCUT2D eigenvalue weighted by molar-refractivity contribution is 0.0601. The van der Waals surface area contributed by atoms with Crippen LogP contribution in [0.15, 0.2) is 39.7 Å². The summed E-state index contributed by atoms with van der Waals surface area (Å²) >= 11 is 0. The van der Waals surface area contributed by atoms with Gasteiger partial charge in [0.25, 0.3) is 0 Å². The zero-order chi connectivity index (χ0) is 21.4. The van der Waals surface area contributed by atoms with Gasteiger partial charge in [-0.2, -0.15) is 0 Å². The number of aliphatic hydroxyl groups is 1. The van der Waals surface area contributed by atoms with Crippen molar-refractivity contribution in [2.75, 3.05) is 13.1 Å². The molecule has 1 unspecified atom stereocenters. The fourth-order valence-electron chi connectivity index (χ4n) is 3.03. The maximum Gasteiger partial charge on any atom is 0.191 e. The molecule has 7 heteroatoms. The number of rotatable bonds is 9. The molecule has 0 amide bonds. The summed E-state index contributed by atoms with van der Waals surface area (Å²) < 4.78 is 11.2. The van der Waals surface area contributed by atoms with Crippen molar-refractivity contribution in [2.45, 2.75) is 66.4 Å². The molecule has 0 saturated carbocycles. The minimum Gasteiger partial charge on any atom is -0.466 e.